The fourth-order valence-corrected chi connectivity index (χ4v) is 5.10. The van der Waals surface area contributed by atoms with Gasteiger partial charge >= 0.3 is 11.9 Å². The molecule has 0 N–H and O–H groups in total. The third-order valence-electron chi connectivity index (χ3n) is 7.32. The quantitative estimate of drug-likeness (QED) is 0.433. The Kier molecular flexibility index (Phi) is 7.30. The molecule has 4 nitrogen and oxygen atoms in total. The second kappa shape index (κ2) is 9.11. The highest BCUT2D eigenvalue weighted by molar-refractivity contribution is 5.66. The molecule has 1 saturated carbocycles. The molecule has 0 aromatic rings. The number of esters is 2. The van der Waals surface area contributed by atoms with Crippen molar-refractivity contribution in [3.8, 4) is 0 Å². The van der Waals surface area contributed by atoms with Crippen LogP contribution in [0.1, 0.15) is 66.7 Å². The van der Waals surface area contributed by atoms with E-state index in [1.807, 2.05) is 6.08 Å². The van der Waals surface area contributed by atoms with Crippen molar-refractivity contribution in [3.05, 3.63) is 36.0 Å². The largest absolute Gasteiger partial charge is 0.462 e. The van der Waals surface area contributed by atoms with Crippen LogP contribution in [0.25, 0.3) is 0 Å². The third kappa shape index (κ3) is 4.95. The summed E-state index contributed by atoms with van der Waals surface area (Å²) in [6.07, 6.45) is 11.7. The Hall–Kier alpha value is -1.84. The molecule has 2 aliphatic rings. The maximum absolute atomic E-state index is 11.3. The molecule has 0 unspecified atom stereocenters. The number of hydrogen-bond donors (Lipinski definition) is 0. The van der Waals surface area contributed by atoms with E-state index in [4.69, 9.17) is 9.47 Å². The summed E-state index contributed by atoms with van der Waals surface area (Å²) in [5.74, 6) is 0.578. The van der Waals surface area contributed by atoms with E-state index in [1.54, 1.807) is 0 Å². The second-order valence-corrected chi connectivity index (χ2v) is 9.02. The fraction of sp³-hybridized carbons (Fsp3) is 0.667. The summed E-state index contributed by atoms with van der Waals surface area (Å²) >= 11 is 0. The molecule has 0 saturated heterocycles. The average Bonchev–Trinajstić information content (AvgIpc) is 2.62. The molecule has 0 amide bonds. The van der Waals surface area contributed by atoms with Crippen LogP contribution >= 0.6 is 0 Å². The Bertz CT molecular complexity index is 674. The Balaban J connectivity index is 2.16. The molecule has 0 aliphatic heterocycles. The van der Waals surface area contributed by atoms with Gasteiger partial charge in [-0.15, -0.1) is 0 Å². The summed E-state index contributed by atoms with van der Waals surface area (Å²) in [6, 6.07) is 0. The molecule has 0 bridgehead atoms. The molecule has 4 atom stereocenters. The lowest BCUT2D eigenvalue weighted by atomic mass is 9.47. The van der Waals surface area contributed by atoms with Crippen molar-refractivity contribution >= 4 is 11.9 Å². The van der Waals surface area contributed by atoms with Crippen LogP contribution < -0.4 is 0 Å². The van der Waals surface area contributed by atoms with Gasteiger partial charge in [0.2, 0.25) is 0 Å². The van der Waals surface area contributed by atoms with E-state index in [0.29, 0.717) is 11.8 Å². The Morgan fingerprint density at radius 1 is 1.25 bits per heavy atom. The lowest BCUT2D eigenvalue weighted by Gasteiger charge is -2.57. The van der Waals surface area contributed by atoms with E-state index in [-0.39, 0.29) is 36.0 Å². The molecule has 0 heterocycles. The van der Waals surface area contributed by atoms with Crippen LogP contribution in [0.2, 0.25) is 0 Å². The molecule has 0 aromatic heterocycles. The third-order valence-corrected chi connectivity index (χ3v) is 7.32. The van der Waals surface area contributed by atoms with Crippen LogP contribution in [-0.2, 0) is 19.1 Å². The highest BCUT2D eigenvalue weighted by atomic mass is 16.5. The monoisotopic (exact) mass is 388 g/mol. The summed E-state index contributed by atoms with van der Waals surface area (Å²) < 4.78 is 10.3. The molecule has 156 valence electrons. The predicted octanol–water partition coefficient (Wildman–Crippen LogP) is 5.39. The normalized spacial score (nSPS) is 32.6. The highest BCUT2D eigenvalue weighted by Gasteiger charge is 2.52. The number of rotatable bonds is 7. The maximum atomic E-state index is 11.3. The number of carbonyl (C=O) groups is 2. The van der Waals surface area contributed by atoms with Crippen LogP contribution in [0.15, 0.2) is 36.0 Å². The number of allylic oxidation sites excluding steroid dienone is 3. The van der Waals surface area contributed by atoms with Crippen molar-refractivity contribution in [2.24, 2.45) is 22.7 Å². The Morgan fingerprint density at radius 3 is 2.57 bits per heavy atom. The molecular weight excluding hydrogens is 352 g/mol. The summed E-state index contributed by atoms with van der Waals surface area (Å²) in [7, 11) is 0. The van der Waals surface area contributed by atoms with Gasteiger partial charge in [0.05, 0.1) is 0 Å². The van der Waals surface area contributed by atoms with Gasteiger partial charge < -0.3 is 9.47 Å². The maximum Gasteiger partial charge on any atom is 0.302 e. The van der Waals surface area contributed by atoms with Gasteiger partial charge in [-0.2, -0.15) is 0 Å². The van der Waals surface area contributed by atoms with E-state index >= 15 is 0 Å². The lowest BCUT2D eigenvalue weighted by molar-refractivity contribution is -0.141. The van der Waals surface area contributed by atoms with Crippen LogP contribution in [-0.4, -0.2) is 25.2 Å². The van der Waals surface area contributed by atoms with Crippen molar-refractivity contribution < 1.29 is 19.1 Å². The molecule has 28 heavy (non-hydrogen) atoms. The lowest BCUT2D eigenvalue weighted by Crippen LogP contribution is -2.49. The molecule has 0 aromatic carbocycles. The van der Waals surface area contributed by atoms with Crippen LogP contribution in [0.4, 0.5) is 0 Å². The highest BCUT2D eigenvalue weighted by Crippen LogP contribution is 2.61. The molecule has 2 aliphatic carbocycles. The van der Waals surface area contributed by atoms with Crippen molar-refractivity contribution in [3.63, 3.8) is 0 Å². The molecule has 1 fully saturated rings. The SMILES string of the molecule is C=C1C=CC[C@@H]2[C@@](C)(CC/C(=C\COC(C)=O)COC(C)=O)[C@H](C)CC[C@@]12C. The molecule has 2 rings (SSSR count). The first kappa shape index (κ1) is 22.4. The van der Waals surface area contributed by atoms with Crippen molar-refractivity contribution in [1.29, 1.82) is 0 Å². The molecular formula is C24H36O4. The Morgan fingerprint density at radius 2 is 1.93 bits per heavy atom. The van der Waals surface area contributed by atoms with Gasteiger partial charge in [0.1, 0.15) is 13.2 Å². The van der Waals surface area contributed by atoms with Crippen molar-refractivity contribution in [2.45, 2.75) is 66.7 Å². The number of fused-ring (bicyclic) bond motifs is 1. The molecule has 0 spiro atoms. The average molecular weight is 389 g/mol. The van der Waals surface area contributed by atoms with E-state index in [0.717, 1.165) is 24.8 Å². The van der Waals surface area contributed by atoms with Gasteiger partial charge in [0, 0.05) is 13.8 Å². The van der Waals surface area contributed by atoms with Gasteiger partial charge in [0.15, 0.2) is 0 Å². The van der Waals surface area contributed by atoms with Crippen molar-refractivity contribution in [1.82, 2.24) is 0 Å². The number of carbonyl (C=O) groups excluding carboxylic acids is 2. The smallest absolute Gasteiger partial charge is 0.302 e. The first-order valence-corrected chi connectivity index (χ1v) is 10.4. The number of hydrogen-bond acceptors (Lipinski definition) is 4. The minimum atomic E-state index is -0.306. The first-order valence-electron chi connectivity index (χ1n) is 10.4. The summed E-state index contributed by atoms with van der Waals surface area (Å²) in [4.78, 5) is 22.3. The summed E-state index contributed by atoms with van der Waals surface area (Å²) in [5.41, 5.74) is 2.61. The molecule has 4 heteroatoms. The second-order valence-electron chi connectivity index (χ2n) is 9.02. The zero-order valence-electron chi connectivity index (χ0n) is 18.2. The van der Waals surface area contributed by atoms with Crippen molar-refractivity contribution in [2.75, 3.05) is 13.2 Å². The van der Waals surface area contributed by atoms with E-state index < -0.39 is 0 Å². The fourth-order valence-electron chi connectivity index (χ4n) is 5.10. The van der Waals surface area contributed by atoms with Crippen LogP contribution in [0, 0.1) is 22.7 Å². The van der Waals surface area contributed by atoms with Gasteiger partial charge in [-0.05, 0) is 72.0 Å². The minimum absolute atomic E-state index is 0.160. The Labute approximate surface area is 170 Å². The van der Waals surface area contributed by atoms with Gasteiger partial charge in [-0.25, -0.2) is 0 Å². The van der Waals surface area contributed by atoms with Gasteiger partial charge in [-0.3, -0.25) is 9.59 Å². The first-order chi connectivity index (χ1) is 13.1. The molecule has 0 radical (unpaired) electrons. The van der Waals surface area contributed by atoms with Crippen LogP contribution in [0.3, 0.4) is 0 Å². The minimum Gasteiger partial charge on any atom is -0.462 e. The zero-order chi connectivity index (χ0) is 20.9. The zero-order valence-corrected chi connectivity index (χ0v) is 18.2. The van der Waals surface area contributed by atoms with E-state index in [9.17, 15) is 9.59 Å². The van der Waals surface area contributed by atoms with Crippen LogP contribution in [0.5, 0.6) is 0 Å². The standard InChI is InChI=1S/C24H36O4/c1-17-8-7-9-22-23(17,5)13-10-18(2)24(22,6)14-11-21(16-28-20(4)26)12-15-27-19(3)25/h7-8,12,18,22H,1,9-11,13-16H2,2-6H3/b21-12+/t18-,22+,23+,24+/m1/s1. The summed E-state index contributed by atoms with van der Waals surface area (Å²) in [5, 5.41) is 0. The van der Waals surface area contributed by atoms with Gasteiger partial charge in [0.25, 0.3) is 0 Å². The van der Waals surface area contributed by atoms with E-state index in [1.165, 1.54) is 32.3 Å². The summed E-state index contributed by atoms with van der Waals surface area (Å²) in [6.45, 7) is 14.8. The van der Waals surface area contributed by atoms with Gasteiger partial charge in [-0.1, -0.05) is 39.5 Å². The topological polar surface area (TPSA) is 52.6 Å². The predicted molar refractivity (Wildman–Crippen MR) is 112 cm³/mol. The van der Waals surface area contributed by atoms with E-state index in [2.05, 4.69) is 39.5 Å². The number of ether oxygens (including phenoxy) is 2.